The smallest absolute Gasteiger partial charge is 0.479 e. The summed E-state index contributed by atoms with van der Waals surface area (Å²) in [5.41, 5.74) is 0.934. The SMILES string of the molecule is O=C1CC[C@@H](NCc2cc(OC(F)(F)F)ccc2O[C@@H]2O[C@H](C(=O)O)[C@@H](O)[C@H](O)[C@H]2O)[C@@H](c2ccccc2)N1. The molecule has 0 bridgehead atoms. The third-order valence-corrected chi connectivity index (χ3v) is 6.44. The van der Waals surface area contributed by atoms with E-state index in [1.165, 1.54) is 0 Å². The fourth-order valence-electron chi connectivity index (χ4n) is 4.52. The minimum atomic E-state index is -4.98. The second-order valence-electron chi connectivity index (χ2n) is 9.15. The van der Waals surface area contributed by atoms with Gasteiger partial charge in [-0.05, 0) is 30.2 Å². The molecule has 1 amide bonds. The third kappa shape index (κ3) is 6.96. The van der Waals surface area contributed by atoms with E-state index in [-0.39, 0.29) is 36.2 Å². The molecule has 4 rings (SSSR count). The highest BCUT2D eigenvalue weighted by Gasteiger charge is 2.48. The number of aliphatic hydroxyl groups excluding tert-OH is 3. The van der Waals surface area contributed by atoms with Gasteiger partial charge in [0.25, 0.3) is 0 Å². The summed E-state index contributed by atoms with van der Waals surface area (Å²) in [6.45, 7) is -0.0926. The normalized spacial score (nSPS) is 29.4. The van der Waals surface area contributed by atoms with Gasteiger partial charge in [-0.2, -0.15) is 0 Å². The number of rotatable bonds is 8. The van der Waals surface area contributed by atoms with E-state index in [9.17, 15) is 43.2 Å². The van der Waals surface area contributed by atoms with E-state index < -0.39 is 54.8 Å². The summed E-state index contributed by atoms with van der Waals surface area (Å²) in [6.07, 6.45) is -13.8. The first-order valence-electron chi connectivity index (χ1n) is 12.0. The van der Waals surface area contributed by atoms with Gasteiger partial charge in [-0.3, -0.25) is 4.79 Å². The number of aliphatic hydroxyl groups is 3. The van der Waals surface area contributed by atoms with E-state index in [0.29, 0.717) is 6.42 Å². The molecule has 6 N–H and O–H groups in total. The summed E-state index contributed by atoms with van der Waals surface area (Å²) in [4.78, 5) is 23.5. The molecular weight excluding hydrogens is 529 g/mol. The highest BCUT2D eigenvalue weighted by Crippen LogP contribution is 2.32. The highest BCUT2D eigenvalue weighted by molar-refractivity contribution is 5.77. The lowest BCUT2D eigenvalue weighted by Crippen LogP contribution is -2.61. The number of carbonyl (C=O) groups excluding carboxylic acids is 1. The number of benzene rings is 2. The van der Waals surface area contributed by atoms with Gasteiger partial charge in [-0.15, -0.1) is 13.2 Å². The molecule has 2 aliphatic rings. The Morgan fingerprint density at radius 1 is 1.08 bits per heavy atom. The van der Waals surface area contributed by atoms with Crippen LogP contribution in [0.1, 0.15) is 30.0 Å². The zero-order valence-corrected chi connectivity index (χ0v) is 20.2. The van der Waals surface area contributed by atoms with Crippen LogP contribution >= 0.6 is 0 Å². The molecule has 14 heteroatoms. The molecule has 0 spiro atoms. The Kier molecular flexibility index (Phi) is 8.61. The monoisotopic (exact) mass is 556 g/mol. The summed E-state index contributed by atoms with van der Waals surface area (Å²) in [7, 11) is 0. The number of halogens is 3. The van der Waals surface area contributed by atoms with Crippen LogP contribution < -0.4 is 20.1 Å². The van der Waals surface area contributed by atoms with Gasteiger partial charge < -0.3 is 45.3 Å². The van der Waals surface area contributed by atoms with Gasteiger partial charge in [0.1, 0.15) is 29.8 Å². The molecule has 39 heavy (non-hydrogen) atoms. The summed E-state index contributed by atoms with van der Waals surface area (Å²) < 4.78 is 53.4. The van der Waals surface area contributed by atoms with E-state index in [1.807, 2.05) is 30.3 Å². The first-order valence-corrected chi connectivity index (χ1v) is 12.0. The lowest BCUT2D eigenvalue weighted by atomic mass is 9.91. The molecule has 0 radical (unpaired) electrons. The van der Waals surface area contributed by atoms with Gasteiger partial charge in [-0.25, -0.2) is 4.79 Å². The minimum Gasteiger partial charge on any atom is -0.479 e. The predicted octanol–water partition coefficient (Wildman–Crippen LogP) is 0.966. The van der Waals surface area contributed by atoms with Crippen molar-refractivity contribution in [2.75, 3.05) is 0 Å². The maximum absolute atomic E-state index is 12.9. The van der Waals surface area contributed by atoms with E-state index >= 15 is 0 Å². The van der Waals surface area contributed by atoms with Crippen molar-refractivity contribution in [3.63, 3.8) is 0 Å². The summed E-state index contributed by atoms with van der Waals surface area (Å²) in [6, 6.07) is 11.5. The second-order valence-corrected chi connectivity index (χ2v) is 9.15. The average Bonchev–Trinajstić information content (AvgIpc) is 2.88. The number of carboxylic acids is 1. The van der Waals surface area contributed by atoms with Gasteiger partial charge in [0.15, 0.2) is 6.10 Å². The quantitative estimate of drug-likeness (QED) is 0.276. The maximum Gasteiger partial charge on any atom is 0.573 e. The van der Waals surface area contributed by atoms with E-state index in [4.69, 9.17) is 9.47 Å². The van der Waals surface area contributed by atoms with Gasteiger partial charge >= 0.3 is 12.3 Å². The van der Waals surface area contributed by atoms with Crippen LogP contribution in [0.4, 0.5) is 13.2 Å². The number of hydrogen-bond donors (Lipinski definition) is 6. The molecule has 0 aromatic heterocycles. The fourth-order valence-corrected chi connectivity index (χ4v) is 4.52. The Morgan fingerprint density at radius 2 is 1.79 bits per heavy atom. The van der Waals surface area contributed by atoms with Gasteiger partial charge in [-0.1, -0.05) is 30.3 Å². The van der Waals surface area contributed by atoms with Gasteiger partial charge in [0, 0.05) is 24.6 Å². The zero-order valence-electron chi connectivity index (χ0n) is 20.2. The predicted molar refractivity (Wildman–Crippen MR) is 125 cm³/mol. The van der Waals surface area contributed by atoms with Crippen molar-refractivity contribution in [2.24, 2.45) is 0 Å². The largest absolute Gasteiger partial charge is 0.573 e. The summed E-state index contributed by atoms with van der Waals surface area (Å²) >= 11 is 0. The Morgan fingerprint density at radius 3 is 2.46 bits per heavy atom. The minimum absolute atomic E-state index is 0.0926. The molecule has 2 aromatic carbocycles. The van der Waals surface area contributed by atoms with E-state index in [2.05, 4.69) is 15.4 Å². The number of alkyl halides is 3. The van der Waals surface area contributed by atoms with Crippen molar-refractivity contribution in [1.29, 1.82) is 0 Å². The van der Waals surface area contributed by atoms with Crippen LogP contribution in [-0.2, 0) is 20.9 Å². The molecule has 7 atom stereocenters. The van der Waals surface area contributed by atoms with E-state index in [1.54, 1.807) is 0 Å². The molecule has 2 aromatic rings. The molecule has 0 aliphatic carbocycles. The van der Waals surface area contributed by atoms with Crippen molar-refractivity contribution in [2.45, 2.75) is 68.5 Å². The number of amides is 1. The Hall–Kier alpha value is -3.43. The van der Waals surface area contributed by atoms with Crippen LogP contribution in [-0.4, -0.2) is 75.4 Å². The first kappa shape index (κ1) is 28.6. The number of carbonyl (C=O) groups is 2. The molecule has 2 saturated heterocycles. The summed E-state index contributed by atoms with van der Waals surface area (Å²) in [5, 5.41) is 45.7. The van der Waals surface area contributed by atoms with Crippen molar-refractivity contribution < 1.29 is 57.4 Å². The molecule has 2 heterocycles. The van der Waals surface area contributed by atoms with Crippen molar-refractivity contribution in [3.05, 3.63) is 59.7 Å². The van der Waals surface area contributed by atoms with E-state index in [0.717, 1.165) is 23.8 Å². The van der Waals surface area contributed by atoms with Crippen LogP contribution in [0.15, 0.2) is 48.5 Å². The summed E-state index contributed by atoms with van der Waals surface area (Å²) in [5.74, 6) is -2.44. The Labute approximate surface area is 220 Å². The zero-order chi connectivity index (χ0) is 28.3. The number of hydrogen-bond acceptors (Lipinski definition) is 9. The molecule has 0 unspecified atom stereocenters. The topological polar surface area (TPSA) is 167 Å². The average molecular weight is 556 g/mol. The third-order valence-electron chi connectivity index (χ3n) is 6.44. The number of piperidine rings is 1. The number of aliphatic carboxylic acids is 1. The molecule has 11 nitrogen and oxygen atoms in total. The molecular formula is C25H27F3N2O9. The lowest BCUT2D eigenvalue weighted by molar-refractivity contribution is -0.274. The van der Waals surface area contributed by atoms with Crippen LogP contribution in [0.5, 0.6) is 11.5 Å². The van der Waals surface area contributed by atoms with Crippen molar-refractivity contribution in [1.82, 2.24) is 10.6 Å². The fraction of sp³-hybridized carbons (Fsp3) is 0.440. The van der Waals surface area contributed by atoms with Crippen LogP contribution in [0.25, 0.3) is 0 Å². The first-order chi connectivity index (χ1) is 18.4. The molecule has 2 fully saturated rings. The number of ether oxygens (including phenoxy) is 3. The second kappa shape index (κ2) is 11.8. The Bertz CT molecular complexity index is 1170. The highest BCUT2D eigenvalue weighted by atomic mass is 19.4. The standard InChI is InChI=1S/C25H27F3N2O9/c26-25(27,28)39-14-6-8-16(37-24-21(34)19(32)20(33)22(38-24)23(35)36)13(10-14)11-29-15-7-9-17(31)30-18(15)12-4-2-1-3-5-12/h1-6,8,10,15,18-22,24,29,32-34H,7,9,11H2,(H,30,31)(H,35,36)/t15-,18-,19+,20+,21-,22+,24-/m1/s1. The molecule has 0 saturated carbocycles. The van der Waals surface area contributed by atoms with Gasteiger partial charge in [0.2, 0.25) is 12.2 Å². The van der Waals surface area contributed by atoms with Crippen LogP contribution in [0.3, 0.4) is 0 Å². The van der Waals surface area contributed by atoms with Crippen molar-refractivity contribution >= 4 is 11.9 Å². The van der Waals surface area contributed by atoms with Crippen molar-refractivity contribution in [3.8, 4) is 11.5 Å². The number of nitrogens with one attached hydrogen (secondary N) is 2. The molecule has 2 aliphatic heterocycles. The Balaban J connectivity index is 1.58. The lowest BCUT2D eigenvalue weighted by Gasteiger charge is -2.38. The number of carboxylic acid groups (broad SMARTS) is 1. The molecule has 212 valence electrons. The van der Waals surface area contributed by atoms with Crippen LogP contribution in [0.2, 0.25) is 0 Å². The van der Waals surface area contributed by atoms with Crippen LogP contribution in [0, 0.1) is 0 Å². The maximum atomic E-state index is 12.9. The van der Waals surface area contributed by atoms with Gasteiger partial charge in [0.05, 0.1) is 6.04 Å².